The van der Waals surface area contributed by atoms with Gasteiger partial charge in [0.25, 0.3) is 0 Å². The van der Waals surface area contributed by atoms with E-state index in [9.17, 15) is 9.18 Å². The van der Waals surface area contributed by atoms with Crippen molar-refractivity contribution in [2.24, 2.45) is 0 Å². The van der Waals surface area contributed by atoms with Gasteiger partial charge in [-0.3, -0.25) is 4.79 Å². The van der Waals surface area contributed by atoms with Gasteiger partial charge in [-0.25, -0.2) is 24.3 Å². The fourth-order valence-corrected chi connectivity index (χ4v) is 5.60. The van der Waals surface area contributed by atoms with Gasteiger partial charge in [0, 0.05) is 31.1 Å². The fourth-order valence-electron chi connectivity index (χ4n) is 4.69. The molecule has 1 amide bonds. The Bertz CT molecular complexity index is 1180. The molecule has 1 unspecified atom stereocenters. The monoisotopic (exact) mass is 468 g/mol. The molecule has 0 radical (unpaired) electrons. The third-order valence-corrected chi connectivity index (χ3v) is 7.52. The number of hydrogen-bond donors (Lipinski definition) is 4. The first kappa shape index (κ1) is 21.7. The number of carbonyl (C=O) groups excluding carboxylic acids is 1. The van der Waals surface area contributed by atoms with Gasteiger partial charge in [-0.2, -0.15) is 0 Å². The highest BCUT2D eigenvalue weighted by Crippen LogP contribution is 2.42. The van der Waals surface area contributed by atoms with Crippen molar-refractivity contribution in [2.45, 2.75) is 37.6 Å². The Hall–Kier alpha value is -3.18. The lowest BCUT2D eigenvalue weighted by Gasteiger charge is -2.39. The number of carbonyl (C=O) groups is 1. The lowest BCUT2D eigenvalue weighted by molar-refractivity contribution is -0.119. The summed E-state index contributed by atoms with van der Waals surface area (Å²) in [7, 11) is 1.77. The molecule has 1 atom stereocenters. The van der Waals surface area contributed by atoms with Crippen LogP contribution in [0.5, 0.6) is 0 Å². The molecule has 5 rings (SSSR count). The van der Waals surface area contributed by atoms with Crippen LogP contribution in [0.25, 0.3) is 10.6 Å². The third kappa shape index (κ3) is 4.13. The number of aryl methyl sites for hydroxylation is 1. The first-order valence-corrected chi connectivity index (χ1v) is 11.7. The highest BCUT2D eigenvalue weighted by atomic mass is 32.1. The lowest BCUT2D eigenvalue weighted by Crippen LogP contribution is -2.52. The van der Waals surface area contributed by atoms with Crippen molar-refractivity contribution in [2.75, 3.05) is 30.8 Å². The van der Waals surface area contributed by atoms with Crippen molar-refractivity contribution in [3.8, 4) is 10.6 Å². The molecule has 0 aromatic carbocycles. The number of anilines is 3. The Balaban J connectivity index is 1.36. The zero-order valence-corrected chi connectivity index (χ0v) is 19.2. The molecule has 2 fully saturated rings. The summed E-state index contributed by atoms with van der Waals surface area (Å²) in [5, 5.41) is 13.3. The molecule has 172 valence electrons. The van der Waals surface area contributed by atoms with E-state index >= 15 is 0 Å². The van der Waals surface area contributed by atoms with Crippen LogP contribution >= 0.6 is 11.3 Å². The number of amides is 1. The number of aromatic nitrogens is 4. The predicted molar refractivity (Wildman–Crippen MR) is 125 cm³/mol. The van der Waals surface area contributed by atoms with Crippen LogP contribution in [-0.2, 0) is 4.79 Å². The van der Waals surface area contributed by atoms with E-state index in [1.807, 2.05) is 19.1 Å². The van der Waals surface area contributed by atoms with Crippen LogP contribution in [-0.4, -0.2) is 51.5 Å². The van der Waals surface area contributed by atoms with E-state index in [1.165, 1.54) is 11.3 Å². The number of rotatable bonds is 5. The van der Waals surface area contributed by atoms with Crippen LogP contribution in [0.2, 0.25) is 0 Å². The molecule has 33 heavy (non-hydrogen) atoms. The second-order valence-electron chi connectivity index (χ2n) is 8.39. The van der Waals surface area contributed by atoms with Crippen molar-refractivity contribution >= 4 is 34.1 Å². The largest absolute Gasteiger partial charge is 0.365 e. The lowest BCUT2D eigenvalue weighted by atomic mass is 9.75. The van der Waals surface area contributed by atoms with E-state index in [4.69, 9.17) is 0 Å². The normalized spacial score (nSPS) is 19.5. The molecule has 2 aliphatic rings. The van der Waals surface area contributed by atoms with E-state index in [2.05, 4.69) is 41.2 Å². The summed E-state index contributed by atoms with van der Waals surface area (Å²) in [5.41, 5.74) is 1.72. The number of nitrogens with one attached hydrogen (secondary N) is 4. The van der Waals surface area contributed by atoms with Gasteiger partial charge in [0.2, 0.25) is 11.9 Å². The van der Waals surface area contributed by atoms with Crippen LogP contribution in [0, 0.1) is 12.7 Å². The SMILES string of the molecule is CNc1nc(C)c(-c2nc(Nc3ccc(C4CC(=O)NC45CCNCC5)cn3)ncc2F)s1. The van der Waals surface area contributed by atoms with Gasteiger partial charge < -0.3 is 21.3 Å². The molecule has 9 nitrogen and oxygen atoms in total. The van der Waals surface area contributed by atoms with Gasteiger partial charge in [0.05, 0.1) is 16.8 Å². The Labute approximate surface area is 194 Å². The summed E-state index contributed by atoms with van der Waals surface area (Å²) in [6, 6.07) is 3.83. The van der Waals surface area contributed by atoms with Crippen LogP contribution in [0.3, 0.4) is 0 Å². The van der Waals surface area contributed by atoms with Crippen molar-refractivity contribution in [1.29, 1.82) is 0 Å². The van der Waals surface area contributed by atoms with E-state index < -0.39 is 5.82 Å². The Kier molecular flexibility index (Phi) is 5.67. The van der Waals surface area contributed by atoms with E-state index in [0.29, 0.717) is 27.9 Å². The maximum Gasteiger partial charge on any atom is 0.229 e. The van der Waals surface area contributed by atoms with E-state index in [0.717, 1.165) is 37.7 Å². The highest BCUT2D eigenvalue weighted by molar-refractivity contribution is 7.19. The fraction of sp³-hybridized carbons (Fsp3) is 0.409. The second-order valence-corrected chi connectivity index (χ2v) is 9.39. The zero-order valence-electron chi connectivity index (χ0n) is 18.4. The first-order valence-electron chi connectivity index (χ1n) is 10.9. The summed E-state index contributed by atoms with van der Waals surface area (Å²) in [6.45, 7) is 3.60. The Morgan fingerprint density at radius 1 is 1.18 bits per heavy atom. The number of pyridine rings is 1. The van der Waals surface area contributed by atoms with Crippen LogP contribution in [0.15, 0.2) is 24.5 Å². The summed E-state index contributed by atoms with van der Waals surface area (Å²) in [5.74, 6) is 0.473. The Morgan fingerprint density at radius 3 is 2.70 bits per heavy atom. The minimum absolute atomic E-state index is 0.0936. The molecule has 0 saturated carbocycles. The maximum atomic E-state index is 14.5. The van der Waals surface area contributed by atoms with Gasteiger partial charge >= 0.3 is 0 Å². The summed E-state index contributed by atoms with van der Waals surface area (Å²) < 4.78 is 14.5. The molecule has 5 heterocycles. The summed E-state index contributed by atoms with van der Waals surface area (Å²) in [6.07, 6.45) is 5.23. The average Bonchev–Trinajstić information content (AvgIpc) is 3.35. The van der Waals surface area contributed by atoms with Crippen LogP contribution < -0.4 is 21.3 Å². The molecular weight excluding hydrogens is 443 g/mol. The van der Waals surface area contributed by atoms with Crippen molar-refractivity contribution in [3.05, 3.63) is 41.6 Å². The van der Waals surface area contributed by atoms with Crippen LogP contribution in [0.4, 0.5) is 21.3 Å². The van der Waals surface area contributed by atoms with Crippen molar-refractivity contribution in [3.63, 3.8) is 0 Å². The molecule has 3 aromatic heterocycles. The minimum atomic E-state index is -0.510. The number of nitrogens with zero attached hydrogens (tertiary/aromatic N) is 4. The molecule has 0 aliphatic carbocycles. The molecule has 11 heteroatoms. The van der Waals surface area contributed by atoms with Crippen molar-refractivity contribution in [1.82, 2.24) is 30.6 Å². The number of hydrogen-bond acceptors (Lipinski definition) is 9. The first-order chi connectivity index (χ1) is 16.0. The van der Waals surface area contributed by atoms with E-state index in [1.54, 1.807) is 13.2 Å². The molecule has 2 saturated heterocycles. The molecular formula is C22H25FN8OS. The number of piperidine rings is 1. The third-order valence-electron chi connectivity index (χ3n) is 6.34. The topological polar surface area (TPSA) is 117 Å². The summed E-state index contributed by atoms with van der Waals surface area (Å²) in [4.78, 5) is 30.2. The smallest absolute Gasteiger partial charge is 0.229 e. The second kappa shape index (κ2) is 8.64. The quantitative estimate of drug-likeness (QED) is 0.452. The van der Waals surface area contributed by atoms with Crippen LogP contribution in [0.1, 0.15) is 36.4 Å². The standard InChI is InChI=1S/C22H25FN8OS/c1-12-19(33-21(24-2)28-12)18-15(23)11-27-20(30-18)29-16-4-3-13(10-26-16)14-9-17(32)31-22(14)5-7-25-8-6-22/h3-4,10-11,14,25H,5-9H2,1-2H3,(H,24,28)(H,31,32)(H,26,27,29,30). The molecule has 4 N–H and O–H groups in total. The predicted octanol–water partition coefficient (Wildman–Crippen LogP) is 2.95. The number of halogens is 1. The maximum absolute atomic E-state index is 14.5. The summed E-state index contributed by atoms with van der Waals surface area (Å²) >= 11 is 1.33. The highest BCUT2D eigenvalue weighted by Gasteiger charge is 2.47. The van der Waals surface area contributed by atoms with Gasteiger partial charge in [0.1, 0.15) is 11.5 Å². The molecule has 0 bridgehead atoms. The molecule has 1 spiro atoms. The van der Waals surface area contributed by atoms with Crippen molar-refractivity contribution < 1.29 is 9.18 Å². The molecule has 2 aliphatic heterocycles. The number of thiazole rings is 1. The van der Waals surface area contributed by atoms with Gasteiger partial charge in [-0.1, -0.05) is 17.4 Å². The van der Waals surface area contributed by atoms with Gasteiger partial charge in [-0.05, 0) is 44.5 Å². The average molecular weight is 469 g/mol. The Morgan fingerprint density at radius 2 is 2.00 bits per heavy atom. The minimum Gasteiger partial charge on any atom is -0.365 e. The van der Waals surface area contributed by atoms with Gasteiger partial charge in [0.15, 0.2) is 10.9 Å². The van der Waals surface area contributed by atoms with Gasteiger partial charge in [-0.15, -0.1) is 0 Å². The molecule has 3 aromatic rings. The van der Waals surface area contributed by atoms with E-state index in [-0.39, 0.29) is 29.0 Å². The zero-order chi connectivity index (χ0) is 23.0.